The number of fused-ring (bicyclic) bond motifs is 1. The summed E-state index contributed by atoms with van der Waals surface area (Å²) >= 11 is 0. The normalized spacial score (nSPS) is 16.6. The minimum Gasteiger partial charge on any atom is -0.356 e. The lowest BCUT2D eigenvalue weighted by Gasteiger charge is -2.29. The van der Waals surface area contributed by atoms with Crippen molar-refractivity contribution in [2.75, 3.05) is 29.5 Å². The van der Waals surface area contributed by atoms with E-state index in [1.165, 1.54) is 0 Å². The Kier molecular flexibility index (Phi) is 3.73. The molecule has 3 aromatic heterocycles. The molecule has 128 valence electrons. The van der Waals surface area contributed by atoms with Gasteiger partial charge in [0, 0.05) is 26.3 Å². The summed E-state index contributed by atoms with van der Waals surface area (Å²) in [5.74, 6) is 7.51. The second kappa shape index (κ2) is 5.93. The van der Waals surface area contributed by atoms with Gasteiger partial charge in [-0.1, -0.05) is 12.0 Å². The van der Waals surface area contributed by atoms with Crippen LogP contribution in [0.2, 0.25) is 0 Å². The van der Waals surface area contributed by atoms with Gasteiger partial charge in [0.05, 0.1) is 29.5 Å². The van der Waals surface area contributed by atoms with E-state index in [0.29, 0.717) is 13.1 Å². The summed E-state index contributed by atoms with van der Waals surface area (Å²) in [6.45, 7) is 0.963. The molecule has 0 unspecified atom stereocenters. The first-order chi connectivity index (χ1) is 12.0. The number of hydrogen-bond acceptors (Lipinski definition) is 5. The molecule has 0 saturated carbocycles. The molecular weight excluding hydrogens is 338 g/mol. The molecule has 0 spiro atoms. The maximum atomic E-state index is 11.7. The van der Waals surface area contributed by atoms with E-state index < -0.39 is 9.84 Å². The fourth-order valence-electron chi connectivity index (χ4n) is 2.92. The second-order valence-electron chi connectivity index (χ2n) is 6.01. The maximum absolute atomic E-state index is 11.7. The standard InChI is InChI=1S/C17H17N5O2S/c1-20-13-14(11-19-20)5-6-15-12-18-16-3-2-4-17(22(15)16)21-7-9-25(23,24)10-8-21/h2-4,11-13H,7-10H2,1H3. The Labute approximate surface area is 145 Å². The number of nitrogens with zero attached hydrogens (tertiary/aromatic N) is 5. The smallest absolute Gasteiger partial charge is 0.153 e. The van der Waals surface area contributed by atoms with E-state index in [1.807, 2.05) is 35.8 Å². The van der Waals surface area contributed by atoms with E-state index in [2.05, 4.69) is 26.8 Å². The predicted molar refractivity (Wildman–Crippen MR) is 95.2 cm³/mol. The van der Waals surface area contributed by atoms with Crippen LogP contribution >= 0.6 is 0 Å². The summed E-state index contributed by atoms with van der Waals surface area (Å²) in [6.07, 6.45) is 5.31. The largest absolute Gasteiger partial charge is 0.356 e. The van der Waals surface area contributed by atoms with E-state index in [4.69, 9.17) is 0 Å². The number of aryl methyl sites for hydroxylation is 1. The molecule has 25 heavy (non-hydrogen) atoms. The van der Waals surface area contributed by atoms with Gasteiger partial charge in [-0.3, -0.25) is 9.08 Å². The van der Waals surface area contributed by atoms with Gasteiger partial charge in [-0.05, 0) is 18.1 Å². The van der Waals surface area contributed by atoms with Gasteiger partial charge in [0.25, 0.3) is 0 Å². The molecule has 1 aliphatic rings. The average Bonchev–Trinajstić information content (AvgIpc) is 3.19. The Hall–Kier alpha value is -2.79. The van der Waals surface area contributed by atoms with Crippen molar-refractivity contribution in [1.82, 2.24) is 19.2 Å². The third kappa shape index (κ3) is 3.10. The van der Waals surface area contributed by atoms with E-state index >= 15 is 0 Å². The number of sulfone groups is 1. The summed E-state index contributed by atoms with van der Waals surface area (Å²) in [4.78, 5) is 6.49. The molecule has 0 aliphatic carbocycles. The van der Waals surface area contributed by atoms with Crippen molar-refractivity contribution in [2.45, 2.75) is 0 Å². The number of hydrogen-bond donors (Lipinski definition) is 0. The molecular formula is C17H17N5O2S. The van der Waals surface area contributed by atoms with Gasteiger partial charge in [0.15, 0.2) is 9.84 Å². The lowest BCUT2D eigenvalue weighted by Crippen LogP contribution is -2.41. The van der Waals surface area contributed by atoms with E-state index in [9.17, 15) is 8.42 Å². The lowest BCUT2D eigenvalue weighted by atomic mass is 10.3. The van der Waals surface area contributed by atoms with Gasteiger partial charge < -0.3 is 4.90 Å². The molecule has 8 heteroatoms. The fraction of sp³-hybridized carbons (Fsp3) is 0.294. The average molecular weight is 355 g/mol. The lowest BCUT2D eigenvalue weighted by molar-refractivity contribution is 0.586. The highest BCUT2D eigenvalue weighted by Crippen LogP contribution is 2.21. The maximum Gasteiger partial charge on any atom is 0.153 e. The molecule has 4 rings (SSSR count). The van der Waals surface area contributed by atoms with Crippen molar-refractivity contribution < 1.29 is 8.42 Å². The number of anilines is 1. The quantitative estimate of drug-likeness (QED) is 0.601. The first-order valence-corrected chi connectivity index (χ1v) is 9.76. The number of rotatable bonds is 1. The Morgan fingerprint density at radius 3 is 2.64 bits per heavy atom. The van der Waals surface area contributed by atoms with Crippen molar-refractivity contribution in [1.29, 1.82) is 0 Å². The molecule has 4 heterocycles. The molecule has 0 aromatic carbocycles. The molecule has 1 aliphatic heterocycles. The Balaban J connectivity index is 1.74. The molecule has 7 nitrogen and oxygen atoms in total. The minimum atomic E-state index is -2.92. The van der Waals surface area contributed by atoms with Crippen LogP contribution in [0.5, 0.6) is 0 Å². The van der Waals surface area contributed by atoms with E-state index in [-0.39, 0.29) is 11.5 Å². The summed E-state index contributed by atoms with van der Waals surface area (Å²) in [7, 11) is -1.07. The second-order valence-corrected chi connectivity index (χ2v) is 8.32. The highest BCUT2D eigenvalue weighted by atomic mass is 32.2. The van der Waals surface area contributed by atoms with Gasteiger partial charge in [0.1, 0.15) is 17.2 Å². The van der Waals surface area contributed by atoms with Crippen molar-refractivity contribution in [3.8, 4) is 11.8 Å². The first-order valence-electron chi connectivity index (χ1n) is 7.94. The Bertz CT molecular complexity index is 1090. The number of aromatic nitrogens is 4. The topological polar surface area (TPSA) is 72.5 Å². The molecule has 0 bridgehead atoms. The fourth-order valence-corrected chi connectivity index (χ4v) is 4.12. The van der Waals surface area contributed by atoms with Crippen LogP contribution in [-0.4, -0.2) is 52.2 Å². The van der Waals surface area contributed by atoms with E-state index in [1.54, 1.807) is 17.1 Å². The minimum absolute atomic E-state index is 0.175. The number of imidazole rings is 1. The van der Waals surface area contributed by atoms with Crippen LogP contribution < -0.4 is 4.90 Å². The summed E-state index contributed by atoms with van der Waals surface area (Å²) in [5.41, 5.74) is 2.39. The highest BCUT2D eigenvalue weighted by molar-refractivity contribution is 7.91. The molecule has 0 N–H and O–H groups in total. The molecule has 1 fully saturated rings. The van der Waals surface area contributed by atoms with E-state index in [0.717, 1.165) is 22.7 Å². The van der Waals surface area contributed by atoms with Gasteiger partial charge in [-0.15, -0.1) is 0 Å². The van der Waals surface area contributed by atoms with Crippen LogP contribution in [0.25, 0.3) is 5.65 Å². The zero-order chi connectivity index (χ0) is 17.4. The van der Waals surface area contributed by atoms with Crippen LogP contribution in [0.3, 0.4) is 0 Å². The zero-order valence-corrected chi connectivity index (χ0v) is 14.6. The summed E-state index contributed by atoms with van der Waals surface area (Å²) < 4.78 is 27.1. The van der Waals surface area contributed by atoms with Crippen LogP contribution in [-0.2, 0) is 16.9 Å². The third-order valence-corrected chi connectivity index (χ3v) is 5.83. The zero-order valence-electron chi connectivity index (χ0n) is 13.8. The molecule has 0 radical (unpaired) electrons. The molecule has 3 aromatic rings. The van der Waals surface area contributed by atoms with Crippen molar-refractivity contribution in [3.63, 3.8) is 0 Å². The molecule has 0 atom stereocenters. The van der Waals surface area contributed by atoms with Crippen LogP contribution in [0.1, 0.15) is 11.3 Å². The van der Waals surface area contributed by atoms with Crippen LogP contribution in [0.4, 0.5) is 5.82 Å². The molecule has 1 saturated heterocycles. The van der Waals surface area contributed by atoms with Gasteiger partial charge in [-0.2, -0.15) is 5.10 Å². The van der Waals surface area contributed by atoms with Gasteiger partial charge in [0.2, 0.25) is 0 Å². The molecule has 0 amide bonds. The Morgan fingerprint density at radius 1 is 1.12 bits per heavy atom. The Morgan fingerprint density at radius 2 is 1.92 bits per heavy atom. The van der Waals surface area contributed by atoms with Crippen LogP contribution in [0.15, 0.2) is 36.8 Å². The van der Waals surface area contributed by atoms with Crippen molar-refractivity contribution >= 4 is 21.3 Å². The summed E-state index contributed by atoms with van der Waals surface area (Å²) in [5, 5.41) is 4.11. The predicted octanol–water partition coefficient (Wildman–Crippen LogP) is 0.702. The van der Waals surface area contributed by atoms with Gasteiger partial charge >= 0.3 is 0 Å². The third-order valence-electron chi connectivity index (χ3n) is 4.22. The summed E-state index contributed by atoms with van der Waals surface area (Å²) in [6, 6.07) is 5.82. The van der Waals surface area contributed by atoms with Crippen molar-refractivity contribution in [2.24, 2.45) is 7.05 Å². The van der Waals surface area contributed by atoms with Crippen LogP contribution in [0, 0.1) is 11.8 Å². The van der Waals surface area contributed by atoms with Crippen molar-refractivity contribution in [3.05, 3.63) is 48.0 Å². The number of pyridine rings is 1. The van der Waals surface area contributed by atoms with Gasteiger partial charge in [-0.25, -0.2) is 13.4 Å². The SMILES string of the molecule is Cn1cc(C#Cc2cnc3cccc(N4CCS(=O)(=O)CC4)n23)cn1. The first kappa shape index (κ1) is 15.7. The monoisotopic (exact) mass is 355 g/mol. The highest BCUT2D eigenvalue weighted by Gasteiger charge is 2.23.